The highest BCUT2D eigenvalue weighted by Crippen LogP contribution is 2.43. The van der Waals surface area contributed by atoms with E-state index in [9.17, 15) is 8.42 Å². The van der Waals surface area contributed by atoms with Gasteiger partial charge in [-0.1, -0.05) is 41.6 Å². The molecule has 1 fully saturated rings. The molecular formula is C30H25N3O3S. The highest BCUT2D eigenvalue weighted by Gasteiger charge is 2.25. The molecule has 1 aliphatic carbocycles. The van der Waals surface area contributed by atoms with Crippen molar-refractivity contribution in [3.63, 3.8) is 0 Å². The Hall–Kier alpha value is -4.10. The summed E-state index contributed by atoms with van der Waals surface area (Å²) in [5.41, 5.74) is 6.99. The van der Waals surface area contributed by atoms with E-state index in [4.69, 9.17) is 9.51 Å². The van der Waals surface area contributed by atoms with Gasteiger partial charge in [-0.3, -0.25) is 4.98 Å². The van der Waals surface area contributed by atoms with Crippen LogP contribution in [-0.4, -0.2) is 29.8 Å². The number of aryl methyl sites for hydroxylation is 1. The van der Waals surface area contributed by atoms with Crippen molar-refractivity contribution in [2.45, 2.75) is 30.6 Å². The second-order valence-corrected chi connectivity index (χ2v) is 11.6. The van der Waals surface area contributed by atoms with Crippen LogP contribution in [-0.2, 0) is 9.84 Å². The van der Waals surface area contributed by atoms with Gasteiger partial charge in [0.25, 0.3) is 5.89 Å². The Bertz CT molecular complexity index is 1770. The lowest BCUT2D eigenvalue weighted by atomic mass is 9.95. The predicted octanol–water partition coefficient (Wildman–Crippen LogP) is 6.46. The summed E-state index contributed by atoms with van der Waals surface area (Å²) in [5, 5.41) is 5.11. The smallest absolute Gasteiger partial charge is 0.258 e. The molecule has 0 unspecified atom stereocenters. The first-order chi connectivity index (χ1) is 17.8. The van der Waals surface area contributed by atoms with Crippen LogP contribution in [0, 0.1) is 6.92 Å². The lowest BCUT2D eigenvalue weighted by Gasteiger charge is -2.11. The third-order valence-corrected chi connectivity index (χ3v) is 7.76. The molecule has 0 spiro atoms. The molecule has 6 rings (SSSR count). The highest BCUT2D eigenvalue weighted by atomic mass is 32.2. The Morgan fingerprint density at radius 3 is 2.51 bits per heavy atom. The van der Waals surface area contributed by atoms with Crippen molar-refractivity contribution in [1.82, 2.24) is 15.1 Å². The van der Waals surface area contributed by atoms with Crippen molar-refractivity contribution >= 4 is 32.4 Å². The van der Waals surface area contributed by atoms with Crippen molar-refractivity contribution in [3.05, 3.63) is 107 Å². The zero-order chi connectivity index (χ0) is 25.6. The molecule has 2 heterocycles. The number of nitrogens with zero attached hydrogens (tertiary/aromatic N) is 3. The number of benzene rings is 3. The van der Waals surface area contributed by atoms with Crippen molar-refractivity contribution in [1.29, 1.82) is 0 Å². The summed E-state index contributed by atoms with van der Waals surface area (Å²) in [6.45, 7) is 1.77. The standard InChI is InChI=1S/C30H25N3O3S/c1-19-32-30(36-33-19)28(22-10-12-26(13-11-22)37(2,34)35)16-20-5-3-6-23(15-20)27-18-25(21-8-9-21)17-24-7-4-14-31-29(24)27/h3-7,10-18,21H,8-9H2,1-2H3/b28-16-. The molecule has 5 aromatic rings. The van der Waals surface area contributed by atoms with Gasteiger partial charge in [0, 0.05) is 29.0 Å². The average molecular weight is 508 g/mol. The quantitative estimate of drug-likeness (QED) is 0.245. The highest BCUT2D eigenvalue weighted by molar-refractivity contribution is 7.90. The fourth-order valence-electron chi connectivity index (χ4n) is 4.61. The summed E-state index contributed by atoms with van der Waals surface area (Å²) in [6.07, 6.45) is 7.50. The van der Waals surface area contributed by atoms with E-state index >= 15 is 0 Å². The van der Waals surface area contributed by atoms with Crippen molar-refractivity contribution < 1.29 is 12.9 Å². The van der Waals surface area contributed by atoms with Crippen molar-refractivity contribution in [2.24, 2.45) is 0 Å². The number of hydrogen-bond acceptors (Lipinski definition) is 6. The maximum absolute atomic E-state index is 12.0. The lowest BCUT2D eigenvalue weighted by molar-refractivity contribution is 0.403. The van der Waals surface area contributed by atoms with Gasteiger partial charge in [0.1, 0.15) is 0 Å². The molecule has 0 amide bonds. The molecule has 0 radical (unpaired) electrons. The van der Waals surface area contributed by atoms with Gasteiger partial charge in [0.15, 0.2) is 15.7 Å². The number of pyridine rings is 1. The topological polar surface area (TPSA) is 86.0 Å². The predicted molar refractivity (Wildman–Crippen MR) is 145 cm³/mol. The molecule has 7 heteroatoms. The molecule has 6 nitrogen and oxygen atoms in total. The van der Waals surface area contributed by atoms with Gasteiger partial charge in [-0.05, 0) is 90.4 Å². The van der Waals surface area contributed by atoms with E-state index in [1.807, 2.05) is 30.5 Å². The van der Waals surface area contributed by atoms with E-state index < -0.39 is 9.84 Å². The summed E-state index contributed by atoms with van der Waals surface area (Å²) in [7, 11) is -3.30. The zero-order valence-electron chi connectivity index (χ0n) is 20.5. The average Bonchev–Trinajstić information content (AvgIpc) is 3.67. The molecule has 2 aromatic heterocycles. The van der Waals surface area contributed by atoms with E-state index in [1.54, 1.807) is 31.2 Å². The largest absolute Gasteiger partial charge is 0.334 e. The minimum Gasteiger partial charge on any atom is -0.334 e. The molecule has 184 valence electrons. The fourth-order valence-corrected chi connectivity index (χ4v) is 5.24. The van der Waals surface area contributed by atoms with Crippen LogP contribution in [0.2, 0.25) is 0 Å². The third kappa shape index (κ3) is 4.82. The third-order valence-electron chi connectivity index (χ3n) is 6.64. The van der Waals surface area contributed by atoms with E-state index in [0.29, 0.717) is 23.2 Å². The van der Waals surface area contributed by atoms with Gasteiger partial charge in [-0.15, -0.1) is 0 Å². The first kappa shape index (κ1) is 23.3. The Balaban J connectivity index is 1.47. The molecule has 0 saturated heterocycles. The maximum Gasteiger partial charge on any atom is 0.258 e. The molecule has 0 N–H and O–H groups in total. The molecule has 1 saturated carbocycles. The number of aromatic nitrogens is 3. The Morgan fingerprint density at radius 1 is 1.00 bits per heavy atom. The number of hydrogen-bond donors (Lipinski definition) is 0. The van der Waals surface area contributed by atoms with Crippen molar-refractivity contribution in [2.75, 3.05) is 6.26 Å². The summed E-state index contributed by atoms with van der Waals surface area (Å²) in [4.78, 5) is 9.40. The zero-order valence-corrected chi connectivity index (χ0v) is 21.4. The van der Waals surface area contributed by atoms with Gasteiger partial charge in [-0.2, -0.15) is 4.98 Å². The van der Waals surface area contributed by atoms with E-state index in [1.165, 1.54) is 24.7 Å². The molecule has 1 aliphatic rings. The van der Waals surface area contributed by atoms with Crippen LogP contribution in [0.15, 0.2) is 88.4 Å². The minimum absolute atomic E-state index is 0.259. The SMILES string of the molecule is Cc1noc(/C(=C\c2cccc(-c3cc(C4CC4)cc4cccnc34)c2)c2ccc(S(C)(=O)=O)cc2)n1. The molecule has 37 heavy (non-hydrogen) atoms. The second-order valence-electron chi connectivity index (χ2n) is 9.54. The Morgan fingerprint density at radius 2 is 1.81 bits per heavy atom. The summed E-state index contributed by atoms with van der Waals surface area (Å²) >= 11 is 0. The van der Waals surface area contributed by atoms with Gasteiger partial charge >= 0.3 is 0 Å². The monoisotopic (exact) mass is 507 g/mol. The van der Waals surface area contributed by atoms with E-state index in [2.05, 4.69) is 40.5 Å². The Labute approximate surface area is 215 Å². The van der Waals surface area contributed by atoms with E-state index in [-0.39, 0.29) is 4.90 Å². The Kier molecular flexibility index (Phi) is 5.72. The first-order valence-electron chi connectivity index (χ1n) is 12.2. The molecule has 3 aromatic carbocycles. The van der Waals surface area contributed by atoms with Crippen LogP contribution in [0.1, 0.15) is 47.2 Å². The van der Waals surface area contributed by atoms with Crippen LogP contribution in [0.25, 0.3) is 33.7 Å². The summed E-state index contributed by atoms with van der Waals surface area (Å²) in [5.74, 6) is 1.53. The molecule has 0 atom stereocenters. The number of rotatable bonds is 6. The minimum atomic E-state index is -3.30. The first-order valence-corrected chi connectivity index (χ1v) is 14.1. The summed E-state index contributed by atoms with van der Waals surface area (Å²) in [6, 6.07) is 23.7. The van der Waals surface area contributed by atoms with Crippen LogP contribution >= 0.6 is 0 Å². The van der Waals surface area contributed by atoms with Gasteiger partial charge in [0.2, 0.25) is 0 Å². The number of fused-ring (bicyclic) bond motifs is 1. The molecular weight excluding hydrogens is 482 g/mol. The second kappa shape index (κ2) is 9.09. The lowest BCUT2D eigenvalue weighted by Crippen LogP contribution is -1.97. The molecule has 0 aliphatic heterocycles. The molecule has 0 bridgehead atoms. The van der Waals surface area contributed by atoms with Crippen LogP contribution in [0.5, 0.6) is 0 Å². The van der Waals surface area contributed by atoms with Gasteiger partial charge < -0.3 is 4.52 Å². The summed E-state index contributed by atoms with van der Waals surface area (Å²) < 4.78 is 29.4. The van der Waals surface area contributed by atoms with Crippen LogP contribution in [0.3, 0.4) is 0 Å². The van der Waals surface area contributed by atoms with Crippen LogP contribution in [0.4, 0.5) is 0 Å². The van der Waals surface area contributed by atoms with Gasteiger partial charge in [0.05, 0.1) is 10.4 Å². The van der Waals surface area contributed by atoms with Crippen LogP contribution < -0.4 is 0 Å². The van der Waals surface area contributed by atoms with Gasteiger partial charge in [-0.25, -0.2) is 8.42 Å². The normalized spacial score (nSPS) is 14.3. The van der Waals surface area contributed by atoms with Crippen molar-refractivity contribution in [3.8, 4) is 11.1 Å². The van der Waals surface area contributed by atoms with E-state index in [0.717, 1.165) is 33.2 Å². The number of sulfone groups is 1. The maximum atomic E-state index is 12.0. The fraction of sp³-hybridized carbons (Fsp3) is 0.167.